The van der Waals surface area contributed by atoms with Gasteiger partial charge in [0.1, 0.15) is 5.82 Å². The molecule has 0 spiro atoms. The van der Waals surface area contributed by atoms with Gasteiger partial charge in [-0.3, -0.25) is 0 Å². The van der Waals surface area contributed by atoms with Crippen LogP contribution in [0.2, 0.25) is 0 Å². The van der Waals surface area contributed by atoms with Crippen LogP contribution in [0.1, 0.15) is 37.4 Å². The van der Waals surface area contributed by atoms with E-state index in [4.69, 9.17) is 0 Å². The Morgan fingerprint density at radius 2 is 2.05 bits per heavy atom. The van der Waals surface area contributed by atoms with E-state index in [0.29, 0.717) is 5.56 Å². The lowest BCUT2D eigenvalue weighted by Gasteiger charge is -2.32. The summed E-state index contributed by atoms with van der Waals surface area (Å²) in [5, 5.41) is 3.21. The number of rotatable bonds is 3. The molecular formula is C16H23FN2. The van der Waals surface area contributed by atoms with Crippen molar-refractivity contribution in [2.75, 3.05) is 25.0 Å². The lowest BCUT2D eigenvalue weighted by atomic mass is 10.0. The maximum atomic E-state index is 13.8. The Hall–Kier alpha value is -1.35. The van der Waals surface area contributed by atoms with Crippen LogP contribution in [0, 0.1) is 12.7 Å². The zero-order valence-electron chi connectivity index (χ0n) is 12.3. The third-order valence-corrected chi connectivity index (χ3v) is 3.88. The van der Waals surface area contributed by atoms with Crippen molar-refractivity contribution in [3.8, 4) is 0 Å². The molecule has 0 saturated heterocycles. The average molecular weight is 262 g/mol. The van der Waals surface area contributed by atoms with Crippen LogP contribution < -0.4 is 10.2 Å². The van der Waals surface area contributed by atoms with Crippen LogP contribution in [0.4, 0.5) is 10.1 Å². The van der Waals surface area contributed by atoms with Gasteiger partial charge >= 0.3 is 0 Å². The van der Waals surface area contributed by atoms with Gasteiger partial charge in [-0.2, -0.15) is 0 Å². The Bertz CT molecular complexity index is 494. The number of nitrogens with one attached hydrogen (secondary N) is 1. The van der Waals surface area contributed by atoms with E-state index in [1.807, 2.05) is 20.0 Å². The molecule has 1 aromatic carbocycles. The van der Waals surface area contributed by atoms with Crippen LogP contribution in [-0.2, 0) is 0 Å². The molecule has 1 aliphatic rings. The van der Waals surface area contributed by atoms with Crippen LogP contribution >= 0.6 is 0 Å². The second kappa shape index (κ2) is 5.74. The molecule has 2 nitrogen and oxygen atoms in total. The molecule has 2 rings (SSSR count). The van der Waals surface area contributed by atoms with Gasteiger partial charge in [0, 0.05) is 24.8 Å². The lowest BCUT2D eigenvalue weighted by Crippen LogP contribution is -2.31. The first-order chi connectivity index (χ1) is 9.02. The van der Waals surface area contributed by atoms with E-state index >= 15 is 0 Å². The summed E-state index contributed by atoms with van der Waals surface area (Å²) in [6.45, 7) is 8.00. The van der Waals surface area contributed by atoms with E-state index < -0.39 is 0 Å². The molecule has 1 aromatic rings. The van der Waals surface area contributed by atoms with E-state index in [9.17, 15) is 4.39 Å². The molecule has 0 fully saturated rings. The predicted molar refractivity (Wildman–Crippen MR) is 79.2 cm³/mol. The standard InChI is InChI=1S/C16H23FN2/c1-11-6-5-7-19(10-11)16-8-12(2)15(17)9-14(16)13(3)18-4/h6,8-9,13,18H,5,7,10H2,1-4H3. The molecule has 3 heteroatoms. The van der Waals surface area contributed by atoms with E-state index in [1.54, 1.807) is 6.07 Å². The number of hydrogen-bond donors (Lipinski definition) is 1. The van der Waals surface area contributed by atoms with Crippen LogP contribution in [0.5, 0.6) is 0 Å². The first-order valence-electron chi connectivity index (χ1n) is 6.90. The zero-order valence-corrected chi connectivity index (χ0v) is 12.3. The lowest BCUT2D eigenvalue weighted by molar-refractivity contribution is 0.599. The third kappa shape index (κ3) is 2.98. The molecule has 0 radical (unpaired) electrons. The van der Waals surface area contributed by atoms with Gasteiger partial charge in [-0.15, -0.1) is 0 Å². The molecule has 0 amide bonds. The van der Waals surface area contributed by atoms with Crippen molar-refractivity contribution < 1.29 is 4.39 Å². The van der Waals surface area contributed by atoms with Gasteiger partial charge in [0.25, 0.3) is 0 Å². The average Bonchev–Trinajstić information content (AvgIpc) is 2.40. The predicted octanol–water partition coefficient (Wildman–Crippen LogP) is 3.57. The maximum absolute atomic E-state index is 13.8. The normalized spacial score (nSPS) is 17.3. The van der Waals surface area contributed by atoms with Gasteiger partial charge in [-0.05, 0) is 57.5 Å². The molecule has 1 unspecified atom stereocenters. The van der Waals surface area contributed by atoms with Crippen molar-refractivity contribution >= 4 is 5.69 Å². The molecule has 1 aliphatic heterocycles. The van der Waals surface area contributed by atoms with Gasteiger partial charge in [-0.25, -0.2) is 4.39 Å². The number of aryl methyl sites for hydroxylation is 1. The Kier molecular flexibility index (Phi) is 4.25. The fraction of sp³-hybridized carbons (Fsp3) is 0.500. The van der Waals surface area contributed by atoms with Crippen molar-refractivity contribution in [1.82, 2.24) is 5.32 Å². The molecule has 0 saturated carbocycles. The highest BCUT2D eigenvalue weighted by atomic mass is 19.1. The zero-order chi connectivity index (χ0) is 14.0. The summed E-state index contributed by atoms with van der Waals surface area (Å²) >= 11 is 0. The number of hydrogen-bond acceptors (Lipinski definition) is 2. The number of halogens is 1. The minimum Gasteiger partial charge on any atom is -0.367 e. The SMILES string of the molecule is CNC(C)c1cc(F)c(C)cc1N1CCC=C(C)C1. The van der Waals surface area contributed by atoms with Crippen LogP contribution in [0.15, 0.2) is 23.8 Å². The molecule has 19 heavy (non-hydrogen) atoms. The molecule has 0 aliphatic carbocycles. The quantitative estimate of drug-likeness (QED) is 0.838. The Morgan fingerprint density at radius 1 is 1.32 bits per heavy atom. The Labute approximate surface area is 115 Å². The fourth-order valence-corrected chi connectivity index (χ4v) is 2.57. The number of nitrogens with zero attached hydrogens (tertiary/aromatic N) is 1. The summed E-state index contributed by atoms with van der Waals surface area (Å²) in [5.41, 5.74) is 4.30. The summed E-state index contributed by atoms with van der Waals surface area (Å²) in [6, 6.07) is 3.81. The summed E-state index contributed by atoms with van der Waals surface area (Å²) in [6.07, 6.45) is 3.35. The first kappa shape index (κ1) is 14.1. The summed E-state index contributed by atoms with van der Waals surface area (Å²) < 4.78 is 13.8. The molecular weight excluding hydrogens is 239 g/mol. The molecule has 0 aromatic heterocycles. The highest BCUT2D eigenvalue weighted by molar-refractivity contribution is 5.58. The van der Waals surface area contributed by atoms with Gasteiger partial charge in [0.15, 0.2) is 0 Å². The third-order valence-electron chi connectivity index (χ3n) is 3.88. The monoisotopic (exact) mass is 262 g/mol. The maximum Gasteiger partial charge on any atom is 0.126 e. The smallest absolute Gasteiger partial charge is 0.126 e. The Morgan fingerprint density at radius 3 is 2.68 bits per heavy atom. The van der Waals surface area contributed by atoms with Crippen LogP contribution in [-0.4, -0.2) is 20.1 Å². The fourth-order valence-electron chi connectivity index (χ4n) is 2.57. The summed E-state index contributed by atoms with van der Waals surface area (Å²) in [5.74, 6) is -0.120. The van der Waals surface area contributed by atoms with Gasteiger partial charge in [0.05, 0.1) is 0 Å². The van der Waals surface area contributed by atoms with Crippen molar-refractivity contribution in [2.24, 2.45) is 0 Å². The molecule has 1 heterocycles. The number of anilines is 1. The minimum absolute atomic E-state index is 0.120. The Balaban J connectivity index is 2.42. The number of benzene rings is 1. The highest BCUT2D eigenvalue weighted by Gasteiger charge is 2.19. The second-order valence-corrected chi connectivity index (χ2v) is 5.43. The van der Waals surface area contributed by atoms with Crippen LogP contribution in [0.25, 0.3) is 0 Å². The molecule has 104 valence electrons. The molecule has 1 N–H and O–H groups in total. The van der Waals surface area contributed by atoms with Crippen molar-refractivity contribution in [2.45, 2.75) is 33.2 Å². The van der Waals surface area contributed by atoms with Crippen molar-refractivity contribution in [3.63, 3.8) is 0 Å². The topological polar surface area (TPSA) is 15.3 Å². The van der Waals surface area contributed by atoms with E-state index in [-0.39, 0.29) is 11.9 Å². The first-order valence-corrected chi connectivity index (χ1v) is 6.90. The largest absolute Gasteiger partial charge is 0.367 e. The van der Waals surface area contributed by atoms with Crippen molar-refractivity contribution in [1.29, 1.82) is 0 Å². The van der Waals surface area contributed by atoms with Gasteiger partial charge in [0.2, 0.25) is 0 Å². The molecule has 0 bridgehead atoms. The van der Waals surface area contributed by atoms with Crippen LogP contribution in [0.3, 0.4) is 0 Å². The van der Waals surface area contributed by atoms with E-state index in [0.717, 1.165) is 30.8 Å². The second-order valence-electron chi connectivity index (χ2n) is 5.43. The van der Waals surface area contributed by atoms with Gasteiger partial charge < -0.3 is 10.2 Å². The van der Waals surface area contributed by atoms with Gasteiger partial charge in [-0.1, -0.05) is 11.6 Å². The minimum atomic E-state index is -0.120. The molecule has 1 atom stereocenters. The highest BCUT2D eigenvalue weighted by Crippen LogP contribution is 2.31. The van der Waals surface area contributed by atoms with E-state index in [1.165, 1.54) is 5.57 Å². The van der Waals surface area contributed by atoms with Crippen molar-refractivity contribution in [3.05, 3.63) is 40.7 Å². The summed E-state index contributed by atoms with van der Waals surface area (Å²) in [4.78, 5) is 2.35. The van der Waals surface area contributed by atoms with E-state index in [2.05, 4.69) is 30.1 Å². The summed E-state index contributed by atoms with van der Waals surface area (Å²) in [7, 11) is 1.91.